The molecule has 2 aromatic rings. The number of sulfonamides is 1. The van der Waals surface area contributed by atoms with E-state index in [-0.39, 0.29) is 29.5 Å². The lowest BCUT2D eigenvalue weighted by molar-refractivity contribution is 0.0953. The van der Waals surface area contributed by atoms with E-state index in [0.717, 1.165) is 0 Å². The van der Waals surface area contributed by atoms with Gasteiger partial charge in [-0.15, -0.1) is 0 Å². The highest BCUT2D eigenvalue weighted by molar-refractivity contribution is 7.89. The van der Waals surface area contributed by atoms with Crippen LogP contribution in [0.5, 0.6) is 0 Å². The number of halogens is 1. The van der Waals surface area contributed by atoms with Crippen LogP contribution in [-0.4, -0.2) is 32.4 Å². The minimum atomic E-state index is -3.67. The quantitative estimate of drug-likeness (QED) is 0.626. The zero-order valence-corrected chi connectivity index (χ0v) is 15.1. The molecule has 1 aromatic carbocycles. The number of benzene rings is 1. The minimum Gasteiger partial charge on any atom is -0.351 e. The SMILES string of the molecule is CCc1[nH]c(=O)ccc1C(=O)NCCNS(=O)(=O)c1ccc(Cl)cc1. The first kappa shape index (κ1) is 19.2. The molecule has 2 rings (SSSR count). The third-order valence-electron chi connectivity index (χ3n) is 3.43. The van der Waals surface area contributed by atoms with Crippen molar-refractivity contribution in [2.75, 3.05) is 13.1 Å². The monoisotopic (exact) mass is 383 g/mol. The van der Waals surface area contributed by atoms with Crippen LogP contribution in [0.25, 0.3) is 0 Å². The number of aryl methyl sites for hydroxylation is 1. The fourth-order valence-electron chi connectivity index (χ4n) is 2.16. The zero-order chi connectivity index (χ0) is 18.4. The first-order valence-corrected chi connectivity index (χ1v) is 9.45. The molecule has 0 saturated carbocycles. The largest absolute Gasteiger partial charge is 0.351 e. The number of aromatic amines is 1. The molecule has 0 radical (unpaired) electrons. The molecule has 0 saturated heterocycles. The van der Waals surface area contributed by atoms with Crippen LogP contribution in [-0.2, 0) is 16.4 Å². The smallest absolute Gasteiger partial charge is 0.253 e. The number of rotatable bonds is 7. The molecular formula is C16H18ClN3O4S. The van der Waals surface area contributed by atoms with Crippen molar-refractivity contribution >= 4 is 27.5 Å². The molecule has 1 aromatic heterocycles. The van der Waals surface area contributed by atoms with Crippen LogP contribution in [0.3, 0.4) is 0 Å². The van der Waals surface area contributed by atoms with Crippen LogP contribution in [0.2, 0.25) is 5.02 Å². The molecule has 1 heterocycles. The van der Waals surface area contributed by atoms with Crippen molar-refractivity contribution in [1.29, 1.82) is 0 Å². The highest BCUT2D eigenvalue weighted by Crippen LogP contribution is 2.13. The summed E-state index contributed by atoms with van der Waals surface area (Å²) >= 11 is 5.73. The molecule has 25 heavy (non-hydrogen) atoms. The van der Waals surface area contributed by atoms with Crippen LogP contribution < -0.4 is 15.6 Å². The Bertz CT molecular complexity index is 908. The van der Waals surface area contributed by atoms with Crippen LogP contribution in [0.4, 0.5) is 0 Å². The first-order chi connectivity index (χ1) is 11.8. The number of hydrogen-bond donors (Lipinski definition) is 3. The van der Waals surface area contributed by atoms with Gasteiger partial charge in [-0.2, -0.15) is 0 Å². The molecule has 0 aliphatic rings. The van der Waals surface area contributed by atoms with Gasteiger partial charge in [-0.3, -0.25) is 9.59 Å². The lowest BCUT2D eigenvalue weighted by atomic mass is 10.1. The fraction of sp³-hybridized carbons (Fsp3) is 0.250. The first-order valence-electron chi connectivity index (χ1n) is 7.59. The molecule has 0 aliphatic carbocycles. The van der Waals surface area contributed by atoms with Gasteiger partial charge in [-0.05, 0) is 36.8 Å². The maximum atomic E-state index is 12.1. The lowest BCUT2D eigenvalue weighted by Gasteiger charge is -2.10. The lowest BCUT2D eigenvalue weighted by Crippen LogP contribution is -2.35. The second-order valence-corrected chi connectivity index (χ2v) is 7.38. The van der Waals surface area contributed by atoms with Crippen molar-refractivity contribution in [1.82, 2.24) is 15.0 Å². The van der Waals surface area contributed by atoms with Crippen molar-refractivity contribution < 1.29 is 13.2 Å². The molecule has 0 aliphatic heterocycles. The highest BCUT2D eigenvalue weighted by atomic mass is 35.5. The number of carbonyl (C=O) groups excluding carboxylic acids is 1. The van der Waals surface area contributed by atoms with Crippen LogP contribution in [0.1, 0.15) is 23.0 Å². The third-order valence-corrected chi connectivity index (χ3v) is 5.15. The molecule has 1 amide bonds. The van der Waals surface area contributed by atoms with Crippen molar-refractivity contribution in [2.45, 2.75) is 18.2 Å². The Morgan fingerprint density at radius 2 is 1.80 bits per heavy atom. The maximum absolute atomic E-state index is 12.1. The average Bonchev–Trinajstić information content (AvgIpc) is 2.58. The zero-order valence-electron chi connectivity index (χ0n) is 13.5. The van der Waals surface area contributed by atoms with Crippen molar-refractivity contribution in [3.05, 3.63) is 63.0 Å². The number of hydrogen-bond acceptors (Lipinski definition) is 4. The van der Waals surface area contributed by atoms with E-state index < -0.39 is 10.0 Å². The predicted octanol–water partition coefficient (Wildman–Crippen LogP) is 1.30. The van der Waals surface area contributed by atoms with Gasteiger partial charge < -0.3 is 10.3 Å². The summed E-state index contributed by atoms with van der Waals surface area (Å²) in [5.74, 6) is -0.376. The van der Waals surface area contributed by atoms with E-state index in [1.165, 1.54) is 36.4 Å². The molecule has 9 heteroatoms. The summed E-state index contributed by atoms with van der Waals surface area (Å²) in [6, 6.07) is 8.50. The number of nitrogens with one attached hydrogen (secondary N) is 3. The van der Waals surface area contributed by atoms with Crippen LogP contribution in [0, 0.1) is 0 Å². The Morgan fingerprint density at radius 3 is 2.44 bits per heavy atom. The van der Waals surface area contributed by atoms with Gasteiger partial charge in [0, 0.05) is 29.9 Å². The molecule has 0 atom stereocenters. The van der Waals surface area contributed by atoms with Gasteiger partial charge in [0.2, 0.25) is 15.6 Å². The molecule has 0 unspecified atom stereocenters. The van der Waals surface area contributed by atoms with E-state index in [9.17, 15) is 18.0 Å². The molecule has 0 bridgehead atoms. The number of pyridine rings is 1. The van der Waals surface area contributed by atoms with Gasteiger partial charge >= 0.3 is 0 Å². The van der Waals surface area contributed by atoms with E-state index in [4.69, 9.17) is 11.6 Å². The summed E-state index contributed by atoms with van der Waals surface area (Å²) in [7, 11) is -3.67. The Balaban J connectivity index is 1.91. The Hall–Kier alpha value is -2.16. The number of amides is 1. The molecule has 3 N–H and O–H groups in total. The van der Waals surface area contributed by atoms with E-state index in [2.05, 4.69) is 15.0 Å². The number of aromatic nitrogens is 1. The molecular weight excluding hydrogens is 366 g/mol. The number of carbonyl (C=O) groups is 1. The normalized spacial score (nSPS) is 11.3. The van der Waals surface area contributed by atoms with E-state index in [0.29, 0.717) is 22.7 Å². The highest BCUT2D eigenvalue weighted by Gasteiger charge is 2.14. The van der Waals surface area contributed by atoms with Crippen molar-refractivity contribution in [3.8, 4) is 0 Å². The third kappa shape index (κ3) is 5.15. The van der Waals surface area contributed by atoms with E-state index >= 15 is 0 Å². The molecule has 7 nitrogen and oxygen atoms in total. The second kappa shape index (κ2) is 8.28. The van der Waals surface area contributed by atoms with Crippen molar-refractivity contribution in [3.63, 3.8) is 0 Å². The van der Waals surface area contributed by atoms with Gasteiger partial charge in [-0.25, -0.2) is 13.1 Å². The molecule has 134 valence electrons. The molecule has 0 spiro atoms. The Labute approximate surface area is 150 Å². The van der Waals surface area contributed by atoms with Gasteiger partial charge in [0.15, 0.2) is 0 Å². The summed E-state index contributed by atoms with van der Waals surface area (Å²) in [5, 5.41) is 3.06. The number of H-pyrrole nitrogens is 1. The van der Waals surface area contributed by atoms with Crippen LogP contribution >= 0.6 is 11.6 Å². The van der Waals surface area contributed by atoms with E-state index in [1.54, 1.807) is 0 Å². The Kier molecular flexibility index (Phi) is 6.35. The van der Waals surface area contributed by atoms with Gasteiger partial charge in [0.05, 0.1) is 10.5 Å². The van der Waals surface area contributed by atoms with Gasteiger partial charge in [-0.1, -0.05) is 18.5 Å². The predicted molar refractivity (Wildman–Crippen MR) is 95.4 cm³/mol. The summed E-state index contributed by atoms with van der Waals surface area (Å²) in [6.45, 7) is 1.96. The summed E-state index contributed by atoms with van der Waals surface area (Å²) in [5.41, 5.74) is 0.624. The maximum Gasteiger partial charge on any atom is 0.253 e. The van der Waals surface area contributed by atoms with Crippen LogP contribution in [0.15, 0.2) is 46.1 Å². The summed E-state index contributed by atoms with van der Waals surface area (Å²) in [6.07, 6.45) is 0.502. The summed E-state index contributed by atoms with van der Waals surface area (Å²) in [4.78, 5) is 26.1. The standard InChI is InChI=1S/C16H18ClN3O4S/c1-2-14-13(7-8-15(21)20-14)16(22)18-9-10-19-25(23,24)12-5-3-11(17)4-6-12/h3-8,19H,2,9-10H2,1H3,(H,18,22)(H,20,21). The van der Waals surface area contributed by atoms with Gasteiger partial charge in [0.1, 0.15) is 0 Å². The Morgan fingerprint density at radius 1 is 1.12 bits per heavy atom. The second-order valence-electron chi connectivity index (χ2n) is 5.18. The average molecular weight is 384 g/mol. The molecule has 0 fully saturated rings. The summed E-state index contributed by atoms with van der Waals surface area (Å²) < 4.78 is 26.6. The van der Waals surface area contributed by atoms with Gasteiger partial charge in [0.25, 0.3) is 5.91 Å². The topological polar surface area (TPSA) is 108 Å². The van der Waals surface area contributed by atoms with Crippen molar-refractivity contribution in [2.24, 2.45) is 0 Å². The minimum absolute atomic E-state index is 0.0293. The van der Waals surface area contributed by atoms with E-state index in [1.807, 2.05) is 6.92 Å². The fourth-order valence-corrected chi connectivity index (χ4v) is 3.32.